The lowest BCUT2D eigenvalue weighted by molar-refractivity contribution is 0.102. The molecule has 3 N–H and O–H groups in total. The van der Waals surface area contributed by atoms with Crippen molar-refractivity contribution in [3.63, 3.8) is 0 Å². The number of halogens is 2. The molecule has 0 saturated carbocycles. The maximum Gasteiger partial charge on any atom is 0.257 e. The Morgan fingerprint density at radius 2 is 2.20 bits per heavy atom. The summed E-state index contributed by atoms with van der Waals surface area (Å²) in [4.78, 5) is 15.8. The van der Waals surface area contributed by atoms with Gasteiger partial charge in [0, 0.05) is 11.8 Å². The van der Waals surface area contributed by atoms with Crippen molar-refractivity contribution in [2.45, 2.75) is 0 Å². The molecule has 1 amide bonds. The summed E-state index contributed by atoms with van der Waals surface area (Å²) in [5, 5.41) is 2.66. The molecule has 0 spiro atoms. The predicted octanol–water partition coefficient (Wildman–Crippen LogP) is 2.72. The van der Waals surface area contributed by atoms with E-state index >= 15 is 0 Å². The average Bonchev–Trinajstić information content (AvgIpc) is 2.41. The maximum absolute atomic E-state index is 13.5. The molecule has 0 saturated heterocycles. The third-order valence-corrected chi connectivity index (χ3v) is 2.76. The maximum atomic E-state index is 13.5. The second kappa shape index (κ2) is 5.75. The first-order valence-electron chi connectivity index (χ1n) is 5.57. The molecule has 0 fully saturated rings. The summed E-state index contributed by atoms with van der Waals surface area (Å²) < 4.78 is 18.3. The lowest BCUT2D eigenvalue weighted by Crippen LogP contribution is -2.14. The molecule has 20 heavy (non-hydrogen) atoms. The summed E-state index contributed by atoms with van der Waals surface area (Å²) in [7, 11) is 1.36. The number of nitrogen functional groups attached to an aromatic ring is 1. The third kappa shape index (κ3) is 2.97. The minimum atomic E-state index is -0.578. The zero-order chi connectivity index (χ0) is 14.7. The van der Waals surface area contributed by atoms with Crippen LogP contribution in [-0.4, -0.2) is 18.0 Å². The Labute approximate surface area is 119 Å². The zero-order valence-corrected chi connectivity index (χ0v) is 11.2. The van der Waals surface area contributed by atoms with Gasteiger partial charge in [-0.25, -0.2) is 9.37 Å². The zero-order valence-electron chi connectivity index (χ0n) is 10.5. The number of pyridine rings is 1. The number of hydrogen-bond donors (Lipinski definition) is 2. The van der Waals surface area contributed by atoms with E-state index in [-0.39, 0.29) is 27.8 Å². The summed E-state index contributed by atoms with van der Waals surface area (Å²) >= 11 is 5.71. The summed E-state index contributed by atoms with van der Waals surface area (Å²) in [6.45, 7) is 0. The number of nitrogens with zero attached hydrogens (tertiary/aromatic N) is 1. The Kier molecular flexibility index (Phi) is 4.05. The van der Waals surface area contributed by atoms with Crippen molar-refractivity contribution >= 4 is 28.9 Å². The van der Waals surface area contributed by atoms with E-state index in [0.717, 1.165) is 6.07 Å². The monoisotopic (exact) mass is 295 g/mol. The first kappa shape index (κ1) is 14.1. The predicted molar refractivity (Wildman–Crippen MR) is 74.6 cm³/mol. The van der Waals surface area contributed by atoms with Gasteiger partial charge in [-0.2, -0.15) is 0 Å². The largest absolute Gasteiger partial charge is 0.494 e. The van der Waals surface area contributed by atoms with Crippen molar-refractivity contribution in [2.75, 3.05) is 18.2 Å². The first-order valence-corrected chi connectivity index (χ1v) is 5.95. The Balaban J connectivity index is 2.23. The van der Waals surface area contributed by atoms with Gasteiger partial charge < -0.3 is 15.8 Å². The van der Waals surface area contributed by atoms with Crippen LogP contribution in [0.2, 0.25) is 5.15 Å². The van der Waals surface area contributed by atoms with Gasteiger partial charge in [-0.15, -0.1) is 0 Å². The number of carbonyl (C=O) groups is 1. The Morgan fingerprint density at radius 1 is 1.45 bits per heavy atom. The number of methoxy groups -OCH3 is 1. The molecule has 2 aromatic rings. The van der Waals surface area contributed by atoms with E-state index in [9.17, 15) is 9.18 Å². The van der Waals surface area contributed by atoms with Crippen LogP contribution in [-0.2, 0) is 0 Å². The molecular formula is C13H11ClFN3O2. The highest BCUT2D eigenvalue weighted by Crippen LogP contribution is 2.22. The van der Waals surface area contributed by atoms with Gasteiger partial charge in [-0.1, -0.05) is 11.6 Å². The average molecular weight is 296 g/mol. The van der Waals surface area contributed by atoms with E-state index in [0.29, 0.717) is 0 Å². The molecule has 1 aromatic heterocycles. The van der Waals surface area contributed by atoms with E-state index in [4.69, 9.17) is 22.1 Å². The fourth-order valence-corrected chi connectivity index (χ4v) is 1.74. The Morgan fingerprint density at radius 3 is 2.85 bits per heavy atom. The Hall–Kier alpha value is -2.34. The van der Waals surface area contributed by atoms with Gasteiger partial charge in [0.1, 0.15) is 5.15 Å². The molecule has 0 unspecified atom stereocenters. The van der Waals surface area contributed by atoms with Gasteiger partial charge in [-0.3, -0.25) is 4.79 Å². The van der Waals surface area contributed by atoms with Gasteiger partial charge in [0.2, 0.25) is 0 Å². The molecule has 0 radical (unpaired) electrons. The number of aromatic nitrogens is 1. The summed E-state index contributed by atoms with van der Waals surface area (Å²) in [5.74, 6) is -0.989. The normalized spacial score (nSPS) is 10.2. The van der Waals surface area contributed by atoms with Gasteiger partial charge in [0.25, 0.3) is 5.91 Å². The highest BCUT2D eigenvalue weighted by Gasteiger charge is 2.12. The number of nitrogens with one attached hydrogen (secondary N) is 1. The van der Waals surface area contributed by atoms with Gasteiger partial charge >= 0.3 is 0 Å². The van der Waals surface area contributed by atoms with Crippen LogP contribution >= 0.6 is 11.6 Å². The van der Waals surface area contributed by atoms with Crippen LogP contribution in [0.1, 0.15) is 10.4 Å². The van der Waals surface area contributed by atoms with E-state index < -0.39 is 11.7 Å². The van der Waals surface area contributed by atoms with E-state index in [1.54, 1.807) is 0 Å². The number of benzene rings is 1. The molecule has 1 aromatic carbocycles. The summed E-state index contributed by atoms with van der Waals surface area (Å²) in [6.07, 6.45) is 1.28. The summed E-state index contributed by atoms with van der Waals surface area (Å²) in [5.41, 5.74) is 6.27. The molecule has 0 atom stereocenters. The number of hydrogen-bond acceptors (Lipinski definition) is 4. The molecule has 0 aliphatic heterocycles. The van der Waals surface area contributed by atoms with Crippen LogP contribution in [0.5, 0.6) is 5.75 Å². The number of amides is 1. The summed E-state index contributed by atoms with van der Waals surface area (Å²) in [6, 6.07) is 5.41. The second-order valence-corrected chi connectivity index (χ2v) is 4.28. The molecule has 104 valence electrons. The quantitative estimate of drug-likeness (QED) is 0.854. The van der Waals surface area contributed by atoms with Crippen molar-refractivity contribution in [1.29, 1.82) is 0 Å². The molecular weight excluding hydrogens is 285 g/mol. The van der Waals surface area contributed by atoms with Gasteiger partial charge in [0.05, 0.1) is 24.6 Å². The molecule has 7 heteroatoms. The van der Waals surface area contributed by atoms with E-state index in [1.165, 1.54) is 31.5 Å². The fourth-order valence-electron chi connectivity index (χ4n) is 1.58. The van der Waals surface area contributed by atoms with Crippen LogP contribution in [0, 0.1) is 5.82 Å². The van der Waals surface area contributed by atoms with Crippen molar-refractivity contribution in [2.24, 2.45) is 0 Å². The number of carbonyl (C=O) groups excluding carboxylic acids is 1. The minimum absolute atomic E-state index is 0.0921. The standard InChI is InChI=1S/C13H11ClFN3O2/c1-20-11-3-2-7(4-9(11)15)18-13(19)8-5-12(14)17-6-10(8)16/h2-6H,16H2,1H3,(H,18,19). The minimum Gasteiger partial charge on any atom is -0.494 e. The molecule has 0 aliphatic rings. The number of ether oxygens (including phenoxy) is 1. The molecule has 2 rings (SSSR count). The van der Waals surface area contributed by atoms with Crippen molar-refractivity contribution in [1.82, 2.24) is 4.98 Å². The molecule has 5 nitrogen and oxygen atoms in total. The van der Waals surface area contributed by atoms with Crippen molar-refractivity contribution < 1.29 is 13.9 Å². The molecule has 1 heterocycles. The smallest absolute Gasteiger partial charge is 0.257 e. The third-order valence-electron chi connectivity index (χ3n) is 2.56. The van der Waals surface area contributed by atoms with Crippen molar-refractivity contribution in [3.8, 4) is 5.75 Å². The molecule has 0 bridgehead atoms. The van der Waals surface area contributed by atoms with Crippen LogP contribution in [0.4, 0.5) is 15.8 Å². The SMILES string of the molecule is COc1ccc(NC(=O)c2cc(Cl)ncc2N)cc1F. The van der Waals surface area contributed by atoms with E-state index in [2.05, 4.69) is 10.3 Å². The second-order valence-electron chi connectivity index (χ2n) is 3.90. The van der Waals surface area contributed by atoms with Crippen LogP contribution in [0.15, 0.2) is 30.5 Å². The van der Waals surface area contributed by atoms with Crippen molar-refractivity contribution in [3.05, 3.63) is 47.0 Å². The Bertz CT molecular complexity index is 664. The van der Waals surface area contributed by atoms with Gasteiger partial charge in [-0.05, 0) is 18.2 Å². The van der Waals surface area contributed by atoms with Crippen LogP contribution in [0.25, 0.3) is 0 Å². The van der Waals surface area contributed by atoms with Gasteiger partial charge in [0.15, 0.2) is 11.6 Å². The first-order chi connectivity index (χ1) is 9.51. The number of anilines is 2. The lowest BCUT2D eigenvalue weighted by Gasteiger charge is -2.09. The lowest BCUT2D eigenvalue weighted by atomic mass is 10.2. The highest BCUT2D eigenvalue weighted by molar-refractivity contribution is 6.30. The van der Waals surface area contributed by atoms with Crippen LogP contribution < -0.4 is 15.8 Å². The number of rotatable bonds is 3. The topological polar surface area (TPSA) is 77.2 Å². The molecule has 0 aliphatic carbocycles. The number of nitrogens with two attached hydrogens (primary N) is 1. The highest BCUT2D eigenvalue weighted by atomic mass is 35.5. The van der Waals surface area contributed by atoms with Crippen LogP contribution in [0.3, 0.4) is 0 Å². The van der Waals surface area contributed by atoms with E-state index in [1.807, 2.05) is 0 Å². The fraction of sp³-hybridized carbons (Fsp3) is 0.0769.